The number of nitrogens with zero attached hydrogens (tertiary/aromatic N) is 2. The average Bonchev–Trinajstić information content (AvgIpc) is 2.71. The first-order valence-electron chi connectivity index (χ1n) is 6.08. The monoisotopic (exact) mass is 228 g/mol. The molecule has 1 aliphatic carbocycles. The molecule has 0 aromatic carbocycles. The highest BCUT2D eigenvalue weighted by atomic mass is 15.1. The van der Waals surface area contributed by atoms with E-state index < -0.39 is 0 Å². The first-order chi connectivity index (χ1) is 8.40. The Morgan fingerprint density at radius 2 is 2.24 bits per heavy atom. The SMILES string of the molecule is NCc1c(-c2ccccn2)n[nH]c1C1CCC1. The number of nitrogens with two attached hydrogens (primary N) is 1. The van der Waals surface area contributed by atoms with Crippen LogP contribution in [0.25, 0.3) is 11.4 Å². The van der Waals surface area contributed by atoms with E-state index in [0.717, 1.165) is 17.0 Å². The number of pyridine rings is 1. The topological polar surface area (TPSA) is 67.6 Å². The van der Waals surface area contributed by atoms with Crippen molar-refractivity contribution in [3.8, 4) is 11.4 Å². The van der Waals surface area contributed by atoms with Crippen LogP contribution in [0.5, 0.6) is 0 Å². The Hall–Kier alpha value is -1.68. The first kappa shape index (κ1) is 10.5. The minimum absolute atomic E-state index is 0.522. The summed E-state index contributed by atoms with van der Waals surface area (Å²) in [5.41, 5.74) is 10.0. The third kappa shape index (κ3) is 1.74. The van der Waals surface area contributed by atoms with Gasteiger partial charge in [0.15, 0.2) is 0 Å². The van der Waals surface area contributed by atoms with Gasteiger partial charge in [-0.25, -0.2) is 0 Å². The molecule has 3 N–H and O–H groups in total. The van der Waals surface area contributed by atoms with Gasteiger partial charge in [-0.05, 0) is 25.0 Å². The minimum Gasteiger partial charge on any atom is -0.326 e. The number of hydrogen-bond donors (Lipinski definition) is 2. The Labute approximate surface area is 100 Å². The lowest BCUT2D eigenvalue weighted by Crippen LogP contribution is -2.13. The second-order valence-electron chi connectivity index (χ2n) is 4.51. The third-order valence-corrected chi connectivity index (χ3v) is 3.52. The van der Waals surface area contributed by atoms with Crippen LogP contribution in [0.1, 0.15) is 36.4 Å². The molecular formula is C13H16N4. The molecule has 88 valence electrons. The Morgan fingerprint density at radius 3 is 2.82 bits per heavy atom. The second-order valence-corrected chi connectivity index (χ2v) is 4.51. The molecule has 4 heteroatoms. The van der Waals surface area contributed by atoms with Crippen molar-refractivity contribution in [1.29, 1.82) is 0 Å². The van der Waals surface area contributed by atoms with Gasteiger partial charge in [-0.2, -0.15) is 5.10 Å². The molecule has 2 aromatic heterocycles. The van der Waals surface area contributed by atoms with Gasteiger partial charge in [-0.3, -0.25) is 10.1 Å². The van der Waals surface area contributed by atoms with E-state index in [1.165, 1.54) is 25.0 Å². The van der Waals surface area contributed by atoms with Gasteiger partial charge in [0, 0.05) is 29.9 Å². The normalized spacial score (nSPS) is 15.8. The lowest BCUT2D eigenvalue weighted by atomic mass is 9.81. The first-order valence-corrected chi connectivity index (χ1v) is 6.08. The van der Waals surface area contributed by atoms with Crippen LogP contribution in [-0.2, 0) is 6.54 Å². The smallest absolute Gasteiger partial charge is 0.115 e. The summed E-state index contributed by atoms with van der Waals surface area (Å²) in [4.78, 5) is 4.34. The largest absolute Gasteiger partial charge is 0.326 e. The predicted octanol–water partition coefficient (Wildman–Crippen LogP) is 2.20. The number of rotatable bonds is 3. The summed E-state index contributed by atoms with van der Waals surface area (Å²) in [6, 6.07) is 5.85. The Kier molecular flexibility index (Phi) is 2.65. The highest BCUT2D eigenvalue weighted by Crippen LogP contribution is 2.38. The van der Waals surface area contributed by atoms with Crippen molar-refractivity contribution in [2.45, 2.75) is 31.7 Å². The van der Waals surface area contributed by atoms with Crippen LogP contribution in [0, 0.1) is 0 Å². The molecule has 0 radical (unpaired) electrons. The zero-order valence-electron chi connectivity index (χ0n) is 9.69. The molecule has 0 spiro atoms. The molecule has 0 amide bonds. The van der Waals surface area contributed by atoms with Gasteiger partial charge in [0.25, 0.3) is 0 Å². The molecule has 1 aliphatic rings. The molecule has 17 heavy (non-hydrogen) atoms. The molecule has 0 aliphatic heterocycles. The van der Waals surface area contributed by atoms with E-state index in [-0.39, 0.29) is 0 Å². The molecule has 0 bridgehead atoms. The molecule has 1 fully saturated rings. The van der Waals surface area contributed by atoms with Gasteiger partial charge in [-0.15, -0.1) is 0 Å². The van der Waals surface area contributed by atoms with E-state index >= 15 is 0 Å². The van der Waals surface area contributed by atoms with Crippen LogP contribution in [-0.4, -0.2) is 15.2 Å². The highest BCUT2D eigenvalue weighted by Gasteiger charge is 2.26. The van der Waals surface area contributed by atoms with Gasteiger partial charge >= 0.3 is 0 Å². The van der Waals surface area contributed by atoms with Crippen LogP contribution in [0.15, 0.2) is 24.4 Å². The molecule has 2 aromatic rings. The van der Waals surface area contributed by atoms with Crippen LogP contribution in [0.2, 0.25) is 0 Å². The fourth-order valence-corrected chi connectivity index (χ4v) is 2.33. The molecule has 2 heterocycles. The van der Waals surface area contributed by atoms with E-state index in [9.17, 15) is 0 Å². The Balaban J connectivity index is 2.02. The number of nitrogens with one attached hydrogen (secondary N) is 1. The summed E-state index contributed by atoms with van der Waals surface area (Å²) >= 11 is 0. The summed E-state index contributed by atoms with van der Waals surface area (Å²) in [6.45, 7) is 0.522. The number of aromatic nitrogens is 3. The maximum atomic E-state index is 5.86. The number of hydrogen-bond acceptors (Lipinski definition) is 3. The van der Waals surface area contributed by atoms with E-state index in [4.69, 9.17) is 5.73 Å². The van der Waals surface area contributed by atoms with Crippen molar-refractivity contribution in [3.63, 3.8) is 0 Å². The van der Waals surface area contributed by atoms with Gasteiger partial charge < -0.3 is 5.73 Å². The van der Waals surface area contributed by atoms with Crippen LogP contribution in [0.3, 0.4) is 0 Å². The predicted molar refractivity (Wildman–Crippen MR) is 66.3 cm³/mol. The summed E-state index contributed by atoms with van der Waals surface area (Å²) in [6.07, 6.45) is 5.59. The molecule has 4 nitrogen and oxygen atoms in total. The number of H-pyrrole nitrogens is 1. The molecule has 3 rings (SSSR count). The lowest BCUT2D eigenvalue weighted by molar-refractivity contribution is 0.408. The van der Waals surface area contributed by atoms with Crippen LogP contribution >= 0.6 is 0 Å². The molecule has 0 saturated heterocycles. The molecule has 0 atom stereocenters. The maximum absolute atomic E-state index is 5.86. The van der Waals surface area contributed by atoms with Crippen molar-refractivity contribution in [1.82, 2.24) is 15.2 Å². The van der Waals surface area contributed by atoms with Gasteiger partial charge in [0.1, 0.15) is 5.69 Å². The van der Waals surface area contributed by atoms with E-state index in [2.05, 4.69) is 15.2 Å². The number of aromatic amines is 1. The van der Waals surface area contributed by atoms with Crippen molar-refractivity contribution in [2.75, 3.05) is 0 Å². The molecular weight excluding hydrogens is 212 g/mol. The summed E-state index contributed by atoms with van der Waals surface area (Å²) in [5, 5.41) is 7.55. The van der Waals surface area contributed by atoms with Crippen LogP contribution in [0.4, 0.5) is 0 Å². The van der Waals surface area contributed by atoms with Crippen molar-refractivity contribution < 1.29 is 0 Å². The van der Waals surface area contributed by atoms with Crippen molar-refractivity contribution in [2.24, 2.45) is 5.73 Å². The van der Waals surface area contributed by atoms with Crippen LogP contribution < -0.4 is 5.73 Å². The van der Waals surface area contributed by atoms with Crippen molar-refractivity contribution in [3.05, 3.63) is 35.7 Å². The quantitative estimate of drug-likeness (QED) is 0.846. The zero-order chi connectivity index (χ0) is 11.7. The summed E-state index contributed by atoms with van der Waals surface area (Å²) in [7, 11) is 0. The molecule has 0 unspecified atom stereocenters. The summed E-state index contributed by atoms with van der Waals surface area (Å²) in [5.74, 6) is 0.624. The van der Waals surface area contributed by atoms with Crippen molar-refractivity contribution >= 4 is 0 Å². The fourth-order valence-electron chi connectivity index (χ4n) is 2.33. The van der Waals surface area contributed by atoms with Gasteiger partial charge in [0.2, 0.25) is 0 Å². The van der Waals surface area contributed by atoms with E-state index in [0.29, 0.717) is 12.5 Å². The third-order valence-electron chi connectivity index (χ3n) is 3.52. The summed E-state index contributed by atoms with van der Waals surface area (Å²) < 4.78 is 0. The van der Waals surface area contributed by atoms with E-state index in [1.54, 1.807) is 6.20 Å². The van der Waals surface area contributed by atoms with Gasteiger partial charge in [0.05, 0.1) is 5.69 Å². The maximum Gasteiger partial charge on any atom is 0.115 e. The second kappa shape index (κ2) is 4.30. The lowest BCUT2D eigenvalue weighted by Gasteiger charge is -2.25. The zero-order valence-corrected chi connectivity index (χ0v) is 9.69. The minimum atomic E-state index is 0.522. The Bertz CT molecular complexity index is 499. The molecule has 1 saturated carbocycles. The standard InChI is InChI=1S/C13H16N4/c14-8-10-12(9-4-3-5-9)16-17-13(10)11-6-1-2-7-15-11/h1-2,6-7,9H,3-5,8,14H2,(H,16,17). The Morgan fingerprint density at radius 1 is 1.35 bits per heavy atom. The highest BCUT2D eigenvalue weighted by molar-refractivity contribution is 5.60. The van der Waals surface area contributed by atoms with E-state index in [1.807, 2.05) is 18.2 Å². The van der Waals surface area contributed by atoms with Gasteiger partial charge in [-0.1, -0.05) is 12.5 Å². The fraction of sp³-hybridized carbons (Fsp3) is 0.385. The average molecular weight is 228 g/mol.